The number of nitrogen functional groups attached to an aromatic ring is 1. The minimum atomic E-state index is 0.310. The number of aryl methyl sites for hydroxylation is 1. The molecule has 0 amide bonds. The largest absolute Gasteiger partial charge is 0.398 e. The highest BCUT2D eigenvalue weighted by atomic mass is 16.5. The number of hydrogen-bond acceptors (Lipinski definition) is 3. The van der Waals surface area contributed by atoms with E-state index in [4.69, 9.17) is 10.5 Å². The first-order valence-corrected chi connectivity index (χ1v) is 6.27. The van der Waals surface area contributed by atoms with Crippen LogP contribution in [0.5, 0.6) is 0 Å². The second-order valence-electron chi connectivity index (χ2n) is 5.15. The molecule has 2 unspecified atom stereocenters. The number of ether oxygens (including phenoxy) is 1. The Morgan fingerprint density at radius 2 is 1.94 bits per heavy atom. The van der Waals surface area contributed by atoms with Gasteiger partial charge in [0, 0.05) is 25.3 Å². The minimum absolute atomic E-state index is 0.310. The zero-order chi connectivity index (χ0) is 12.4. The summed E-state index contributed by atoms with van der Waals surface area (Å²) in [6.07, 6.45) is 0.620. The Labute approximate surface area is 104 Å². The maximum atomic E-state index is 6.02. The molecule has 3 nitrogen and oxygen atoms in total. The third-order valence-corrected chi connectivity index (χ3v) is 3.19. The third-order valence-electron chi connectivity index (χ3n) is 3.19. The van der Waals surface area contributed by atoms with Crippen LogP contribution < -0.4 is 5.73 Å². The van der Waals surface area contributed by atoms with E-state index in [-0.39, 0.29) is 0 Å². The third kappa shape index (κ3) is 3.20. The molecule has 1 aromatic rings. The molecule has 0 saturated carbocycles. The van der Waals surface area contributed by atoms with E-state index in [1.54, 1.807) is 0 Å². The average molecular weight is 234 g/mol. The zero-order valence-corrected chi connectivity index (χ0v) is 10.9. The summed E-state index contributed by atoms with van der Waals surface area (Å²) in [5.41, 5.74) is 9.40. The van der Waals surface area contributed by atoms with Crippen molar-refractivity contribution in [2.24, 2.45) is 0 Å². The van der Waals surface area contributed by atoms with Gasteiger partial charge in [-0.2, -0.15) is 0 Å². The molecule has 94 valence electrons. The molecular formula is C14H22N2O. The van der Waals surface area contributed by atoms with Crippen molar-refractivity contribution in [2.45, 2.75) is 39.5 Å². The van der Waals surface area contributed by atoms with Crippen LogP contribution >= 0.6 is 0 Å². The number of benzene rings is 1. The van der Waals surface area contributed by atoms with Crippen LogP contribution in [0.15, 0.2) is 18.2 Å². The van der Waals surface area contributed by atoms with Crippen LogP contribution in [0.4, 0.5) is 5.69 Å². The number of hydrogen-bond donors (Lipinski definition) is 1. The molecule has 0 aromatic heterocycles. The topological polar surface area (TPSA) is 38.5 Å². The molecule has 1 heterocycles. The van der Waals surface area contributed by atoms with Crippen molar-refractivity contribution in [1.29, 1.82) is 0 Å². The van der Waals surface area contributed by atoms with Gasteiger partial charge in [-0.3, -0.25) is 4.90 Å². The van der Waals surface area contributed by atoms with Crippen molar-refractivity contribution in [1.82, 2.24) is 4.90 Å². The number of morpholine rings is 1. The molecule has 1 saturated heterocycles. The molecule has 3 heteroatoms. The van der Waals surface area contributed by atoms with E-state index < -0.39 is 0 Å². The Hall–Kier alpha value is -1.06. The maximum Gasteiger partial charge on any atom is 0.0678 e. The molecule has 1 aliphatic rings. The summed E-state index contributed by atoms with van der Waals surface area (Å²) in [5.74, 6) is 0. The number of anilines is 1. The van der Waals surface area contributed by atoms with Crippen molar-refractivity contribution < 1.29 is 4.74 Å². The van der Waals surface area contributed by atoms with E-state index in [1.165, 1.54) is 11.1 Å². The minimum Gasteiger partial charge on any atom is -0.398 e. The highest BCUT2D eigenvalue weighted by Gasteiger charge is 2.22. The lowest BCUT2D eigenvalue weighted by Crippen LogP contribution is -2.44. The van der Waals surface area contributed by atoms with E-state index >= 15 is 0 Å². The lowest BCUT2D eigenvalue weighted by molar-refractivity contribution is -0.0704. The second-order valence-corrected chi connectivity index (χ2v) is 5.15. The summed E-state index contributed by atoms with van der Waals surface area (Å²) in [5, 5.41) is 0. The van der Waals surface area contributed by atoms with Gasteiger partial charge in [0.05, 0.1) is 12.2 Å². The smallest absolute Gasteiger partial charge is 0.0678 e. The first-order valence-electron chi connectivity index (χ1n) is 6.27. The molecule has 1 aliphatic heterocycles. The van der Waals surface area contributed by atoms with E-state index in [2.05, 4.69) is 37.8 Å². The van der Waals surface area contributed by atoms with E-state index in [9.17, 15) is 0 Å². The van der Waals surface area contributed by atoms with Crippen molar-refractivity contribution in [3.8, 4) is 0 Å². The molecular weight excluding hydrogens is 212 g/mol. The Morgan fingerprint density at radius 3 is 2.59 bits per heavy atom. The number of nitrogens with two attached hydrogens (primary N) is 1. The zero-order valence-electron chi connectivity index (χ0n) is 10.9. The fourth-order valence-electron chi connectivity index (χ4n) is 2.53. The molecule has 0 radical (unpaired) electrons. The quantitative estimate of drug-likeness (QED) is 0.797. The average Bonchev–Trinajstić information content (AvgIpc) is 2.22. The molecule has 2 N–H and O–H groups in total. The Morgan fingerprint density at radius 1 is 1.29 bits per heavy atom. The van der Waals surface area contributed by atoms with Crippen LogP contribution in [0, 0.1) is 6.92 Å². The fourth-order valence-corrected chi connectivity index (χ4v) is 2.53. The Bertz CT molecular complexity index is 382. The Balaban J connectivity index is 2.07. The molecule has 0 bridgehead atoms. The summed E-state index contributed by atoms with van der Waals surface area (Å²) in [4.78, 5) is 2.42. The Kier molecular flexibility index (Phi) is 3.69. The van der Waals surface area contributed by atoms with Crippen LogP contribution in [-0.4, -0.2) is 30.2 Å². The highest BCUT2D eigenvalue weighted by Crippen LogP contribution is 2.19. The van der Waals surface area contributed by atoms with Crippen molar-refractivity contribution in [3.05, 3.63) is 29.3 Å². The van der Waals surface area contributed by atoms with Crippen LogP contribution in [0.3, 0.4) is 0 Å². The summed E-state index contributed by atoms with van der Waals surface area (Å²) >= 11 is 0. The standard InChI is InChI=1S/C14H22N2O/c1-10-4-5-14(15)13(6-10)9-16-7-11(2)17-12(3)8-16/h4-6,11-12H,7-9,15H2,1-3H3. The predicted octanol–water partition coefficient (Wildman–Crippen LogP) is 2.19. The molecule has 1 fully saturated rings. The number of rotatable bonds is 2. The van der Waals surface area contributed by atoms with Gasteiger partial charge in [0.1, 0.15) is 0 Å². The molecule has 1 aromatic carbocycles. The van der Waals surface area contributed by atoms with E-state index in [1.807, 2.05) is 6.07 Å². The summed E-state index contributed by atoms with van der Waals surface area (Å²) in [7, 11) is 0. The van der Waals surface area contributed by atoms with E-state index in [0.29, 0.717) is 12.2 Å². The first-order chi connectivity index (χ1) is 8.04. The van der Waals surface area contributed by atoms with Crippen LogP contribution in [0.2, 0.25) is 0 Å². The van der Waals surface area contributed by atoms with Gasteiger partial charge < -0.3 is 10.5 Å². The summed E-state index contributed by atoms with van der Waals surface area (Å²) < 4.78 is 5.74. The normalized spacial score (nSPS) is 26.1. The molecule has 0 spiro atoms. The van der Waals surface area contributed by atoms with Gasteiger partial charge in [-0.15, -0.1) is 0 Å². The molecule has 0 aliphatic carbocycles. The van der Waals surface area contributed by atoms with Crippen LogP contribution in [-0.2, 0) is 11.3 Å². The SMILES string of the molecule is Cc1ccc(N)c(CN2CC(C)OC(C)C2)c1. The van der Waals surface area contributed by atoms with Crippen molar-refractivity contribution >= 4 is 5.69 Å². The van der Waals surface area contributed by atoms with Crippen LogP contribution in [0.25, 0.3) is 0 Å². The van der Waals surface area contributed by atoms with Gasteiger partial charge in [-0.05, 0) is 32.4 Å². The second kappa shape index (κ2) is 5.07. The monoisotopic (exact) mass is 234 g/mol. The predicted molar refractivity (Wildman–Crippen MR) is 70.9 cm³/mol. The lowest BCUT2D eigenvalue weighted by Gasteiger charge is -2.35. The van der Waals surface area contributed by atoms with Crippen molar-refractivity contribution in [2.75, 3.05) is 18.8 Å². The van der Waals surface area contributed by atoms with Gasteiger partial charge in [0.15, 0.2) is 0 Å². The summed E-state index contributed by atoms with van der Waals surface area (Å²) in [6.45, 7) is 9.25. The molecule has 2 rings (SSSR count). The molecule has 17 heavy (non-hydrogen) atoms. The van der Waals surface area contributed by atoms with E-state index in [0.717, 1.165) is 25.3 Å². The van der Waals surface area contributed by atoms with Gasteiger partial charge in [-0.25, -0.2) is 0 Å². The molecule has 2 atom stereocenters. The van der Waals surface area contributed by atoms with Crippen molar-refractivity contribution in [3.63, 3.8) is 0 Å². The van der Waals surface area contributed by atoms with Gasteiger partial charge >= 0.3 is 0 Å². The van der Waals surface area contributed by atoms with Gasteiger partial charge in [-0.1, -0.05) is 17.7 Å². The fraction of sp³-hybridized carbons (Fsp3) is 0.571. The van der Waals surface area contributed by atoms with Crippen LogP contribution in [0.1, 0.15) is 25.0 Å². The maximum absolute atomic E-state index is 6.02. The summed E-state index contributed by atoms with van der Waals surface area (Å²) in [6, 6.07) is 6.24. The highest BCUT2D eigenvalue weighted by molar-refractivity contribution is 5.48. The lowest BCUT2D eigenvalue weighted by atomic mass is 10.1. The van der Waals surface area contributed by atoms with Gasteiger partial charge in [0.25, 0.3) is 0 Å². The number of nitrogens with zero attached hydrogens (tertiary/aromatic N) is 1. The van der Waals surface area contributed by atoms with Gasteiger partial charge in [0.2, 0.25) is 0 Å². The first kappa shape index (κ1) is 12.4.